The first-order chi connectivity index (χ1) is 18.7. The molecule has 1 heterocycles. The minimum absolute atomic E-state index is 0.0901. The Morgan fingerprint density at radius 1 is 1.10 bits per heavy atom. The average molecular weight is 562 g/mol. The second kappa shape index (κ2) is 15.2. The largest absolute Gasteiger partial charge is 0.370 e. The van der Waals surface area contributed by atoms with Crippen LogP contribution in [0.4, 0.5) is 0 Å². The van der Waals surface area contributed by atoms with Gasteiger partial charge in [-0.3, -0.25) is 24.4 Å². The van der Waals surface area contributed by atoms with E-state index in [1.165, 1.54) is 6.07 Å². The topological polar surface area (TPSA) is 134 Å². The van der Waals surface area contributed by atoms with Gasteiger partial charge in [-0.1, -0.05) is 46.3 Å². The number of rotatable bonds is 15. The first-order valence-electron chi connectivity index (χ1n) is 13.7. The first kappa shape index (κ1) is 33.4. The van der Waals surface area contributed by atoms with Crippen molar-refractivity contribution in [1.82, 2.24) is 25.7 Å². The highest BCUT2D eigenvalue weighted by Gasteiger charge is 2.37. The van der Waals surface area contributed by atoms with Gasteiger partial charge in [-0.05, 0) is 61.0 Å². The summed E-state index contributed by atoms with van der Waals surface area (Å²) < 4.78 is 7.80. The van der Waals surface area contributed by atoms with E-state index in [4.69, 9.17) is 14.8 Å². The highest BCUT2D eigenvalue weighted by molar-refractivity contribution is 5.89. The first-order valence-corrected chi connectivity index (χ1v) is 13.7. The van der Waals surface area contributed by atoms with Gasteiger partial charge in [0.25, 0.3) is 5.56 Å². The van der Waals surface area contributed by atoms with Crippen LogP contribution in [0.2, 0.25) is 0 Å². The number of amides is 2. The number of aromatic nitrogens is 1. The van der Waals surface area contributed by atoms with Gasteiger partial charge in [0.2, 0.25) is 11.8 Å². The lowest BCUT2D eigenvalue weighted by atomic mass is 9.84. The van der Waals surface area contributed by atoms with Crippen LogP contribution < -0.4 is 21.8 Å². The highest BCUT2D eigenvalue weighted by Crippen LogP contribution is 2.25. The van der Waals surface area contributed by atoms with Gasteiger partial charge in [0.1, 0.15) is 6.04 Å². The van der Waals surface area contributed by atoms with Gasteiger partial charge >= 0.3 is 0 Å². The third-order valence-electron chi connectivity index (χ3n) is 6.75. The number of carbonyl (C=O) groups is 2. The van der Waals surface area contributed by atoms with Crippen molar-refractivity contribution in [2.75, 3.05) is 33.8 Å². The Labute approximate surface area is 237 Å². The van der Waals surface area contributed by atoms with E-state index in [2.05, 4.69) is 10.6 Å². The van der Waals surface area contributed by atoms with Gasteiger partial charge in [0.15, 0.2) is 0 Å². The molecule has 4 N–H and O–H groups in total. The lowest BCUT2D eigenvalue weighted by Gasteiger charge is -2.34. The van der Waals surface area contributed by atoms with E-state index in [0.717, 1.165) is 16.5 Å². The molecule has 0 saturated carbocycles. The molecule has 0 fully saturated rings. The van der Waals surface area contributed by atoms with Crippen LogP contribution >= 0.6 is 0 Å². The zero-order valence-electron chi connectivity index (χ0n) is 25.1. The maximum atomic E-state index is 13.7. The molecule has 0 radical (unpaired) electrons. The van der Waals surface area contributed by atoms with Crippen molar-refractivity contribution in [1.29, 1.82) is 0 Å². The van der Waals surface area contributed by atoms with Gasteiger partial charge < -0.3 is 24.8 Å². The fourth-order valence-electron chi connectivity index (χ4n) is 4.49. The molecular formula is C29H47N5O6. The number of nitrogens with one attached hydrogen (secondary N) is 3. The number of aryl methyl sites for hydroxylation is 1. The Balaban J connectivity index is 2.26. The Morgan fingerprint density at radius 3 is 2.40 bits per heavy atom. The molecule has 11 heteroatoms. The van der Waals surface area contributed by atoms with E-state index in [0.29, 0.717) is 19.5 Å². The summed E-state index contributed by atoms with van der Waals surface area (Å²) in [5.74, 6) is -1.08. The molecule has 2 rings (SSSR count). The molecule has 2 amide bonds. The van der Waals surface area contributed by atoms with E-state index in [-0.39, 0.29) is 36.5 Å². The zero-order valence-corrected chi connectivity index (χ0v) is 25.1. The minimum Gasteiger partial charge on any atom is -0.370 e. The third-order valence-corrected chi connectivity index (χ3v) is 6.75. The van der Waals surface area contributed by atoms with Gasteiger partial charge in [-0.2, -0.15) is 0 Å². The Hall–Kier alpha value is -2.83. The minimum atomic E-state index is -0.763. The molecule has 0 aliphatic carbocycles. The molecular weight excluding hydrogens is 514 g/mol. The lowest BCUT2D eigenvalue weighted by Crippen LogP contribution is -2.56. The van der Waals surface area contributed by atoms with Crippen LogP contribution in [-0.4, -0.2) is 72.4 Å². The van der Waals surface area contributed by atoms with Crippen molar-refractivity contribution in [3.63, 3.8) is 0 Å². The number of nitrogens with zero attached hydrogens (tertiary/aromatic N) is 2. The van der Waals surface area contributed by atoms with Crippen LogP contribution in [0.5, 0.6) is 0 Å². The molecule has 224 valence electrons. The van der Waals surface area contributed by atoms with Crippen molar-refractivity contribution >= 4 is 22.7 Å². The monoisotopic (exact) mass is 561 g/mol. The summed E-state index contributed by atoms with van der Waals surface area (Å²) >= 11 is 0. The summed E-state index contributed by atoms with van der Waals surface area (Å²) in [6.07, 6.45) is -0.250. The number of benzene rings is 1. The molecule has 0 bridgehead atoms. The number of carbonyl (C=O) groups excluding carboxylic acids is 2. The predicted octanol–water partition coefficient (Wildman–Crippen LogP) is 2.21. The fraction of sp³-hybridized carbons (Fsp3) is 0.621. The van der Waals surface area contributed by atoms with Crippen LogP contribution in [0, 0.1) is 17.3 Å². The number of hydrogen-bond acceptors (Lipinski definition) is 8. The van der Waals surface area contributed by atoms with E-state index in [9.17, 15) is 14.4 Å². The molecule has 0 spiro atoms. The zero-order chi connectivity index (χ0) is 30.0. The Morgan fingerprint density at radius 2 is 1.80 bits per heavy atom. The second-order valence-corrected chi connectivity index (χ2v) is 12.0. The summed E-state index contributed by atoms with van der Waals surface area (Å²) in [7, 11) is 5.57. The Bertz CT molecular complexity index is 1170. The van der Waals surface area contributed by atoms with Crippen molar-refractivity contribution in [2.24, 2.45) is 24.3 Å². The van der Waals surface area contributed by atoms with E-state index in [1.807, 2.05) is 71.8 Å². The van der Waals surface area contributed by atoms with Crippen LogP contribution in [-0.2, 0) is 32.8 Å². The van der Waals surface area contributed by atoms with Crippen LogP contribution in [0.3, 0.4) is 0 Å². The van der Waals surface area contributed by atoms with Crippen LogP contribution in [0.1, 0.15) is 46.6 Å². The molecule has 2 aromatic rings. The molecule has 3 atom stereocenters. The SMILES string of the molecule is CC(C)C[C@@H](C(=O)N[C@H](C(=O)NCCN(C)C)C(C)(C)C)C(CONO)OCc1ccc2c(ccc(=O)n2C)c1. The molecule has 1 unspecified atom stereocenters. The molecule has 1 aromatic heterocycles. The summed E-state index contributed by atoms with van der Waals surface area (Å²) in [6, 6.07) is 8.18. The Kier molecular flexibility index (Phi) is 12.7. The highest BCUT2D eigenvalue weighted by atomic mass is 16.8. The maximum absolute atomic E-state index is 13.7. The third kappa shape index (κ3) is 9.97. The van der Waals surface area contributed by atoms with Crippen molar-refractivity contribution < 1.29 is 24.4 Å². The fourth-order valence-corrected chi connectivity index (χ4v) is 4.49. The predicted molar refractivity (Wildman–Crippen MR) is 155 cm³/mol. The number of hydrogen-bond donors (Lipinski definition) is 4. The van der Waals surface area contributed by atoms with Gasteiger partial charge in [0, 0.05) is 26.2 Å². The molecule has 0 saturated heterocycles. The molecule has 40 heavy (non-hydrogen) atoms. The second-order valence-electron chi connectivity index (χ2n) is 12.0. The van der Waals surface area contributed by atoms with Gasteiger partial charge in [-0.25, -0.2) is 0 Å². The van der Waals surface area contributed by atoms with Crippen molar-refractivity contribution in [3.05, 3.63) is 46.2 Å². The maximum Gasteiger partial charge on any atom is 0.250 e. The number of ether oxygens (including phenoxy) is 1. The summed E-state index contributed by atoms with van der Waals surface area (Å²) in [5, 5.41) is 15.9. The van der Waals surface area contributed by atoms with Crippen molar-refractivity contribution in [2.45, 2.75) is 59.8 Å². The molecule has 1 aromatic carbocycles. The van der Waals surface area contributed by atoms with Crippen LogP contribution in [0.25, 0.3) is 10.9 Å². The van der Waals surface area contributed by atoms with E-state index < -0.39 is 23.5 Å². The van der Waals surface area contributed by atoms with E-state index in [1.54, 1.807) is 23.3 Å². The smallest absolute Gasteiger partial charge is 0.250 e. The van der Waals surface area contributed by atoms with Gasteiger partial charge in [0.05, 0.1) is 30.8 Å². The number of pyridine rings is 1. The summed E-state index contributed by atoms with van der Waals surface area (Å²) in [5.41, 5.74) is 2.71. The van der Waals surface area contributed by atoms with Crippen LogP contribution in [0.15, 0.2) is 35.1 Å². The average Bonchev–Trinajstić information content (AvgIpc) is 2.87. The summed E-state index contributed by atoms with van der Waals surface area (Å²) in [4.78, 5) is 45.8. The van der Waals surface area contributed by atoms with Crippen molar-refractivity contribution in [3.8, 4) is 0 Å². The van der Waals surface area contributed by atoms with Gasteiger partial charge in [-0.15, -0.1) is 0 Å². The standard InChI is InChI=1S/C29H47N5O6/c1-19(2)15-22(27(36)31-26(29(3,4)5)28(37)30-13-14-33(6)7)24(18-40-32-38)39-17-20-9-11-23-21(16-20)10-12-25(35)34(23)8/h9-12,16,19,22,24,26,32,38H,13-15,17-18H2,1-8H3,(H,30,37)(H,31,36)/t22-,24?,26-/m1/s1. The summed E-state index contributed by atoms with van der Waals surface area (Å²) in [6.45, 7) is 10.9. The van der Waals surface area contributed by atoms with E-state index >= 15 is 0 Å². The number of likely N-dealkylation sites (N-methyl/N-ethyl adjacent to an activating group) is 1. The molecule has 0 aliphatic heterocycles. The number of fused-ring (bicyclic) bond motifs is 1. The molecule has 0 aliphatic rings. The lowest BCUT2D eigenvalue weighted by molar-refractivity contribution is -0.170. The molecule has 11 nitrogen and oxygen atoms in total. The quantitative estimate of drug-likeness (QED) is 0.243. The normalized spacial score (nSPS) is 14.4.